The fourth-order valence-electron chi connectivity index (χ4n) is 11.7. The summed E-state index contributed by atoms with van der Waals surface area (Å²) < 4.78 is 154. The largest absolute Gasteiger partial charge is 0.434 e. The Bertz CT molecular complexity index is 6240. The smallest absolute Gasteiger partial charge is 0.360 e. The zero-order valence-corrected chi connectivity index (χ0v) is 65.1. The molecular weight excluding hydrogens is 1580 g/mol. The van der Waals surface area contributed by atoms with Crippen LogP contribution in [0, 0.1) is 13.8 Å². The highest BCUT2D eigenvalue weighted by atomic mass is 35.5. The average molecular weight is 1650 g/mol. The third kappa shape index (κ3) is 20.6. The van der Waals surface area contributed by atoms with Gasteiger partial charge < -0.3 is 9.05 Å². The number of aryl methyl sites for hydroxylation is 2. The molecule has 23 nitrogen and oxygen atoms in total. The molecule has 10 aromatic carbocycles. The standard InChI is InChI=1S/C18H15NO2S.C16H13ClN2O3S.C16H13F3N4OS.2C16H14N2O3S/c19-22(20,21)16-12-10-15(11-13-16)18-9-5-4-8-17(18)14-6-2-1-3-7-14;17-12-3-5-13(6-4-12)19-15(9-10-16(19)20)11-1-7-14(8-2-11)23(18,21)22;1-25(20,24)13-6-4-12(5-7-13)23-10-14(16(17,18)19)22-15(23)11-3-2-8-21-9-11;2*1-11-15(12-7-9-14(10-8-12)22(17,19)20)16(18-21-11)13-5-3-2-4-6-13/h1-13H,(H2,19,20,21);1-9H,10H2,(H2,18,21,22);2-10H,1H2,(H2,20,24);2*2-10H,1H3,(H2,17,19,20). The number of alkyl halides is 3. The maximum absolute atomic E-state index is 13.1. The van der Waals surface area contributed by atoms with Gasteiger partial charge in [-0.15, -0.1) is 0 Å². The van der Waals surface area contributed by atoms with E-state index in [2.05, 4.69) is 44.4 Å². The Hall–Kier alpha value is -12.1. The first-order valence-electron chi connectivity index (χ1n) is 33.8. The molecule has 1 atom stereocenters. The molecule has 10 N–H and O–H groups in total. The molecule has 5 heterocycles. The zero-order valence-electron chi connectivity index (χ0n) is 60.2. The lowest BCUT2D eigenvalue weighted by molar-refractivity contribution is -0.140. The Labute approximate surface area is 660 Å². The molecule has 14 aromatic rings. The zero-order chi connectivity index (χ0) is 81.9. The van der Waals surface area contributed by atoms with Gasteiger partial charge in [-0.1, -0.05) is 192 Å². The van der Waals surface area contributed by atoms with Crippen molar-refractivity contribution >= 4 is 84.6 Å². The minimum Gasteiger partial charge on any atom is -0.360 e. The van der Waals surface area contributed by atoms with Gasteiger partial charge in [-0.25, -0.2) is 63.4 Å². The second kappa shape index (κ2) is 34.9. The Morgan fingerprint density at radius 1 is 0.430 bits per heavy atom. The lowest BCUT2D eigenvalue weighted by atomic mass is 9.95. The van der Waals surface area contributed by atoms with Gasteiger partial charge in [0.25, 0.3) is 0 Å². The van der Waals surface area contributed by atoms with E-state index in [4.69, 9.17) is 46.3 Å². The molecule has 32 heteroatoms. The first-order chi connectivity index (χ1) is 54.0. The molecule has 114 heavy (non-hydrogen) atoms. The first-order valence-corrected chi connectivity index (χ1v) is 42.2. The van der Waals surface area contributed by atoms with Crippen LogP contribution in [0.5, 0.6) is 0 Å². The Morgan fingerprint density at radius 3 is 1.18 bits per heavy atom. The fourth-order valence-corrected chi connectivity index (χ4v) is 14.5. The third-order valence-electron chi connectivity index (χ3n) is 17.2. The van der Waals surface area contributed by atoms with Crippen LogP contribution >= 0.6 is 11.6 Å². The topological polar surface area (TPSA) is 387 Å². The molecule has 0 saturated carbocycles. The fraction of sp³-hybridized carbons (Fsp3) is 0.0488. The molecule has 1 amide bonds. The SMILES string of the molecule is C=S(N)(=O)c1ccc(-n2cc(C(F)(F)F)nc2-c2cccnc2)cc1.Cc1onc(-c2ccccc2)c1-c1ccc(S(N)(=O)=O)cc1.Cc1onc(-c2ccccc2)c1-c1ccc(S(N)(=O)=O)cc1.NS(=O)(=O)c1ccc(-c2ccccc2-c2ccccc2)cc1.NS(=O)(=O)c1ccc(C2=CCC(=O)N2c2ccc(Cl)cc2)cc1. The van der Waals surface area contributed by atoms with Crippen molar-refractivity contribution in [2.24, 2.45) is 25.7 Å². The van der Waals surface area contributed by atoms with Gasteiger partial charge in [-0.05, 0) is 168 Å². The van der Waals surface area contributed by atoms with E-state index in [0.29, 0.717) is 44.1 Å². The summed E-state index contributed by atoms with van der Waals surface area (Å²) in [7, 11) is -17.7. The Kier molecular flexibility index (Phi) is 25.3. The molecular formula is C82H69ClF3N11O12S5. The summed E-state index contributed by atoms with van der Waals surface area (Å²) in [5.74, 6) is 4.75. The van der Waals surface area contributed by atoms with Crippen molar-refractivity contribution in [2.75, 3.05) is 4.90 Å². The lowest BCUT2D eigenvalue weighted by Gasteiger charge is -2.21. The highest BCUT2D eigenvalue weighted by Crippen LogP contribution is 2.39. The number of primary sulfonamides is 4. The van der Waals surface area contributed by atoms with Crippen LogP contribution < -0.4 is 30.6 Å². The van der Waals surface area contributed by atoms with Crippen LogP contribution in [0.15, 0.2) is 331 Å². The molecule has 4 aromatic heterocycles. The average Bonchev–Trinajstić information content (AvgIpc) is 1.66. The van der Waals surface area contributed by atoms with Crippen LogP contribution in [-0.2, 0) is 60.8 Å². The van der Waals surface area contributed by atoms with E-state index in [1.165, 1.54) is 89.8 Å². The number of hydrogen-bond donors (Lipinski definition) is 5. The number of pyridine rings is 1. The molecule has 0 spiro atoms. The molecule has 1 aliphatic rings. The molecule has 0 saturated heterocycles. The summed E-state index contributed by atoms with van der Waals surface area (Å²) in [4.78, 5) is 22.0. The number of imidazole rings is 1. The van der Waals surface area contributed by atoms with Crippen molar-refractivity contribution in [3.63, 3.8) is 0 Å². The van der Waals surface area contributed by atoms with E-state index in [0.717, 1.165) is 78.8 Å². The number of amides is 1. The molecule has 582 valence electrons. The first kappa shape index (κ1) is 82.8. The van der Waals surface area contributed by atoms with Gasteiger partial charge in [0.1, 0.15) is 28.7 Å². The molecule has 0 aliphatic carbocycles. The number of hydrogen-bond acceptors (Lipinski definition) is 16. The van der Waals surface area contributed by atoms with Gasteiger partial charge in [0.05, 0.1) is 46.1 Å². The molecule has 15 rings (SSSR count). The maximum atomic E-state index is 13.1. The Morgan fingerprint density at radius 2 is 0.789 bits per heavy atom. The molecule has 0 radical (unpaired) electrons. The second-order valence-corrected chi connectivity index (χ2v) is 33.7. The minimum absolute atomic E-state index is 0.0317. The van der Waals surface area contributed by atoms with E-state index in [1.54, 1.807) is 89.8 Å². The highest BCUT2D eigenvalue weighted by Gasteiger charge is 2.35. The number of halogens is 4. The van der Waals surface area contributed by atoms with Crippen molar-refractivity contribution in [1.29, 1.82) is 0 Å². The monoisotopic (exact) mass is 1650 g/mol. The van der Waals surface area contributed by atoms with Gasteiger partial charge >= 0.3 is 6.18 Å². The summed E-state index contributed by atoms with van der Waals surface area (Å²) in [6.45, 7) is 3.64. The van der Waals surface area contributed by atoms with E-state index >= 15 is 0 Å². The number of aromatic nitrogens is 5. The quantitative estimate of drug-likeness (QED) is 0.0595. The van der Waals surface area contributed by atoms with Crippen LogP contribution in [0.3, 0.4) is 0 Å². The van der Waals surface area contributed by atoms with E-state index in [-0.39, 0.29) is 37.7 Å². The number of nitrogens with zero attached hydrogens (tertiary/aromatic N) is 6. The number of carbonyl (C=O) groups is 1. The van der Waals surface area contributed by atoms with Crippen LogP contribution in [0.25, 0.3) is 89.8 Å². The summed E-state index contributed by atoms with van der Waals surface area (Å²) in [6, 6.07) is 79.0. The molecule has 1 aliphatic heterocycles. The van der Waals surface area contributed by atoms with E-state index in [9.17, 15) is 55.8 Å². The van der Waals surface area contributed by atoms with Gasteiger partial charge in [-0.3, -0.25) is 24.4 Å². The second-order valence-electron chi connectivity index (χ2n) is 25.1. The normalized spacial score (nSPS) is 12.8. The van der Waals surface area contributed by atoms with Crippen LogP contribution in [0.4, 0.5) is 18.9 Å². The van der Waals surface area contributed by atoms with Crippen LogP contribution in [-0.4, -0.2) is 74.5 Å². The van der Waals surface area contributed by atoms with Crippen LogP contribution in [0.1, 0.15) is 29.2 Å². The predicted octanol–water partition coefficient (Wildman–Crippen LogP) is 15.3. The number of sulfonamides is 4. The molecule has 1 unspecified atom stereocenters. The van der Waals surface area contributed by atoms with Gasteiger partial charge in [-0.2, -0.15) is 13.2 Å². The lowest BCUT2D eigenvalue weighted by Crippen LogP contribution is -2.23. The number of anilines is 1. The van der Waals surface area contributed by atoms with Crippen molar-refractivity contribution in [3.8, 4) is 84.1 Å². The van der Waals surface area contributed by atoms with Crippen molar-refractivity contribution in [3.05, 3.63) is 325 Å². The van der Waals surface area contributed by atoms with Crippen molar-refractivity contribution in [2.45, 2.75) is 50.9 Å². The third-order valence-corrected chi connectivity index (χ3v) is 22.3. The Balaban J connectivity index is 0.000000141. The summed E-state index contributed by atoms with van der Waals surface area (Å²) in [5.41, 5.74) is 12.8. The number of rotatable bonds is 15. The van der Waals surface area contributed by atoms with Crippen molar-refractivity contribution in [1.82, 2.24) is 24.8 Å². The number of carbonyl (C=O) groups excluding carboxylic acids is 1. The van der Waals surface area contributed by atoms with Gasteiger partial charge in [0.2, 0.25) is 46.0 Å². The van der Waals surface area contributed by atoms with Crippen molar-refractivity contribution < 1.29 is 64.9 Å². The van der Waals surface area contributed by atoms with Crippen LogP contribution in [0.2, 0.25) is 5.02 Å². The summed E-state index contributed by atoms with van der Waals surface area (Å²) >= 11 is 5.88. The molecule has 0 fully saturated rings. The summed E-state index contributed by atoms with van der Waals surface area (Å²) in [6.07, 6.45) is 1.36. The van der Waals surface area contributed by atoms with Gasteiger partial charge in [0.15, 0.2) is 5.69 Å². The molecule has 0 bridgehead atoms. The minimum atomic E-state index is -4.58. The van der Waals surface area contributed by atoms with Gasteiger partial charge in [0, 0.05) is 63.0 Å². The summed E-state index contributed by atoms with van der Waals surface area (Å²) in [5, 5.41) is 34.8. The van der Waals surface area contributed by atoms with E-state index in [1.807, 2.05) is 117 Å². The predicted molar refractivity (Wildman–Crippen MR) is 435 cm³/mol. The highest BCUT2D eigenvalue weighted by molar-refractivity contribution is 7.98. The van der Waals surface area contributed by atoms with E-state index < -0.39 is 61.7 Å². The number of nitrogens with two attached hydrogens (primary N) is 5. The number of benzene rings is 10. The maximum Gasteiger partial charge on any atom is 0.434 e.